The average Bonchev–Trinajstić information content (AvgIpc) is 2.52. The summed E-state index contributed by atoms with van der Waals surface area (Å²) in [7, 11) is 0. The fraction of sp³-hybridized carbons (Fsp3) is 0.125. The normalized spacial score (nSPS) is 10.2. The molecule has 0 radical (unpaired) electrons. The van der Waals surface area contributed by atoms with Crippen LogP contribution in [0.4, 0.5) is 5.95 Å². The van der Waals surface area contributed by atoms with E-state index >= 15 is 0 Å². The van der Waals surface area contributed by atoms with E-state index in [9.17, 15) is 0 Å². The van der Waals surface area contributed by atoms with Crippen molar-refractivity contribution in [3.63, 3.8) is 0 Å². The van der Waals surface area contributed by atoms with Crippen molar-refractivity contribution in [1.82, 2.24) is 14.3 Å². The number of pyridine rings is 1. The van der Waals surface area contributed by atoms with E-state index in [1.54, 1.807) is 12.4 Å². The van der Waals surface area contributed by atoms with Crippen molar-refractivity contribution in [2.45, 2.75) is 6.92 Å². The van der Waals surface area contributed by atoms with Crippen molar-refractivity contribution in [3.05, 3.63) is 24.0 Å². The standard InChI is InChI=1S/C8H8N4S/c1-5-2-6(4-10-3-5)7-11-8(9)12-13-7/h2-4H,1H3,(H2,9,12). The van der Waals surface area contributed by atoms with Gasteiger partial charge in [-0.2, -0.15) is 9.36 Å². The quantitative estimate of drug-likeness (QED) is 0.743. The maximum absolute atomic E-state index is 5.42. The Morgan fingerprint density at radius 2 is 2.23 bits per heavy atom. The molecule has 2 heterocycles. The van der Waals surface area contributed by atoms with Gasteiger partial charge in [-0.05, 0) is 30.1 Å². The van der Waals surface area contributed by atoms with Gasteiger partial charge in [0.15, 0.2) is 0 Å². The predicted octanol–water partition coefficient (Wildman–Crippen LogP) is 1.49. The number of hydrogen-bond donors (Lipinski definition) is 1. The van der Waals surface area contributed by atoms with E-state index in [0.717, 1.165) is 16.1 Å². The summed E-state index contributed by atoms with van der Waals surface area (Å²) in [6.45, 7) is 1.99. The second kappa shape index (κ2) is 3.10. The van der Waals surface area contributed by atoms with Gasteiger partial charge in [-0.3, -0.25) is 4.98 Å². The summed E-state index contributed by atoms with van der Waals surface area (Å²) in [6.07, 6.45) is 3.56. The largest absolute Gasteiger partial charge is 0.367 e. The highest BCUT2D eigenvalue weighted by molar-refractivity contribution is 7.09. The van der Waals surface area contributed by atoms with Crippen LogP contribution in [0.5, 0.6) is 0 Å². The summed E-state index contributed by atoms with van der Waals surface area (Å²) < 4.78 is 3.90. The lowest BCUT2D eigenvalue weighted by atomic mass is 10.2. The van der Waals surface area contributed by atoms with Gasteiger partial charge < -0.3 is 5.73 Å². The Morgan fingerprint density at radius 3 is 2.85 bits per heavy atom. The van der Waals surface area contributed by atoms with Crippen molar-refractivity contribution in [2.75, 3.05) is 5.73 Å². The Bertz CT molecular complexity index is 424. The number of nitrogen functional groups attached to an aromatic ring is 1. The van der Waals surface area contributed by atoms with E-state index in [2.05, 4.69) is 14.3 Å². The number of hydrogen-bond acceptors (Lipinski definition) is 5. The van der Waals surface area contributed by atoms with Crippen LogP contribution >= 0.6 is 11.5 Å². The Kier molecular flexibility index (Phi) is 1.94. The third-order valence-corrected chi connectivity index (χ3v) is 2.34. The first-order valence-electron chi connectivity index (χ1n) is 3.77. The molecular formula is C8H8N4S. The molecule has 0 unspecified atom stereocenters. The van der Waals surface area contributed by atoms with Crippen LogP contribution in [0.1, 0.15) is 5.56 Å². The van der Waals surface area contributed by atoms with Gasteiger partial charge in [0.2, 0.25) is 5.95 Å². The van der Waals surface area contributed by atoms with Crippen LogP contribution < -0.4 is 5.73 Å². The maximum atomic E-state index is 5.42. The number of anilines is 1. The maximum Gasteiger partial charge on any atom is 0.232 e. The summed E-state index contributed by atoms with van der Waals surface area (Å²) >= 11 is 1.29. The van der Waals surface area contributed by atoms with Gasteiger partial charge in [0.05, 0.1) is 0 Å². The molecule has 13 heavy (non-hydrogen) atoms. The van der Waals surface area contributed by atoms with Gasteiger partial charge >= 0.3 is 0 Å². The van der Waals surface area contributed by atoms with Crippen LogP contribution in [-0.2, 0) is 0 Å². The first kappa shape index (κ1) is 8.12. The van der Waals surface area contributed by atoms with E-state index in [0.29, 0.717) is 5.95 Å². The average molecular weight is 192 g/mol. The number of aromatic nitrogens is 3. The van der Waals surface area contributed by atoms with Crippen LogP contribution in [0.15, 0.2) is 18.5 Å². The van der Waals surface area contributed by atoms with Crippen LogP contribution in [0.2, 0.25) is 0 Å². The van der Waals surface area contributed by atoms with Gasteiger partial charge in [0.1, 0.15) is 5.01 Å². The molecule has 0 aliphatic rings. The molecule has 0 aromatic carbocycles. The lowest BCUT2D eigenvalue weighted by Crippen LogP contribution is -1.86. The monoisotopic (exact) mass is 192 g/mol. The molecule has 0 aliphatic heterocycles. The fourth-order valence-electron chi connectivity index (χ4n) is 1.02. The molecule has 0 saturated heterocycles. The highest BCUT2D eigenvalue weighted by Crippen LogP contribution is 2.21. The Balaban J connectivity index is 2.46. The highest BCUT2D eigenvalue weighted by atomic mass is 32.1. The Hall–Kier alpha value is -1.49. The molecule has 2 aromatic rings. The molecule has 0 bridgehead atoms. The summed E-state index contributed by atoms with van der Waals surface area (Å²) in [5.74, 6) is 0.321. The number of aryl methyl sites for hydroxylation is 1. The number of rotatable bonds is 1. The van der Waals surface area contributed by atoms with Gasteiger partial charge in [-0.1, -0.05) is 0 Å². The first-order chi connectivity index (χ1) is 6.25. The van der Waals surface area contributed by atoms with Gasteiger partial charge in [0.25, 0.3) is 0 Å². The van der Waals surface area contributed by atoms with E-state index in [4.69, 9.17) is 5.73 Å². The molecule has 5 heteroatoms. The highest BCUT2D eigenvalue weighted by Gasteiger charge is 2.03. The number of nitrogens with zero attached hydrogens (tertiary/aromatic N) is 3. The summed E-state index contributed by atoms with van der Waals surface area (Å²) in [6, 6.07) is 2.01. The van der Waals surface area contributed by atoms with Gasteiger partial charge in [0, 0.05) is 18.0 Å². The molecule has 0 saturated carbocycles. The summed E-state index contributed by atoms with van der Waals surface area (Å²) in [5.41, 5.74) is 7.49. The second-order valence-corrected chi connectivity index (χ2v) is 3.46. The zero-order valence-electron chi connectivity index (χ0n) is 7.06. The topological polar surface area (TPSA) is 64.7 Å². The molecule has 0 spiro atoms. The smallest absolute Gasteiger partial charge is 0.232 e. The molecule has 0 atom stereocenters. The molecule has 2 N–H and O–H groups in total. The van der Waals surface area contributed by atoms with Crippen molar-refractivity contribution in [2.24, 2.45) is 0 Å². The molecule has 0 fully saturated rings. The molecule has 2 aromatic heterocycles. The van der Waals surface area contributed by atoms with E-state index < -0.39 is 0 Å². The molecular weight excluding hydrogens is 184 g/mol. The van der Waals surface area contributed by atoms with E-state index in [1.807, 2.05) is 13.0 Å². The minimum Gasteiger partial charge on any atom is -0.367 e. The van der Waals surface area contributed by atoms with Crippen molar-refractivity contribution < 1.29 is 0 Å². The van der Waals surface area contributed by atoms with Crippen molar-refractivity contribution in [3.8, 4) is 10.6 Å². The van der Waals surface area contributed by atoms with Gasteiger partial charge in [-0.15, -0.1) is 0 Å². The number of nitrogens with two attached hydrogens (primary N) is 1. The van der Waals surface area contributed by atoms with E-state index in [1.165, 1.54) is 11.5 Å². The second-order valence-electron chi connectivity index (χ2n) is 2.71. The minimum absolute atomic E-state index is 0.321. The molecule has 2 rings (SSSR count). The Morgan fingerprint density at radius 1 is 1.38 bits per heavy atom. The minimum atomic E-state index is 0.321. The Labute approximate surface area is 79.6 Å². The third-order valence-electron chi connectivity index (χ3n) is 1.56. The zero-order valence-corrected chi connectivity index (χ0v) is 7.88. The van der Waals surface area contributed by atoms with Crippen molar-refractivity contribution >= 4 is 17.5 Å². The van der Waals surface area contributed by atoms with E-state index in [-0.39, 0.29) is 0 Å². The predicted molar refractivity (Wildman–Crippen MR) is 52.3 cm³/mol. The van der Waals surface area contributed by atoms with Crippen LogP contribution in [-0.4, -0.2) is 14.3 Å². The molecule has 4 nitrogen and oxygen atoms in total. The van der Waals surface area contributed by atoms with Gasteiger partial charge in [-0.25, -0.2) is 0 Å². The van der Waals surface area contributed by atoms with Crippen LogP contribution in [0.3, 0.4) is 0 Å². The molecule has 0 amide bonds. The van der Waals surface area contributed by atoms with Crippen LogP contribution in [0.25, 0.3) is 10.6 Å². The lowest BCUT2D eigenvalue weighted by molar-refractivity contribution is 1.26. The molecule has 0 aliphatic carbocycles. The first-order valence-corrected chi connectivity index (χ1v) is 4.54. The lowest BCUT2D eigenvalue weighted by Gasteiger charge is -1.94. The summed E-state index contributed by atoms with van der Waals surface area (Å²) in [5, 5.41) is 0.814. The summed E-state index contributed by atoms with van der Waals surface area (Å²) in [4.78, 5) is 8.14. The molecule has 66 valence electrons. The zero-order chi connectivity index (χ0) is 9.26. The fourth-order valence-corrected chi connectivity index (χ4v) is 1.60. The van der Waals surface area contributed by atoms with Crippen LogP contribution in [0, 0.1) is 6.92 Å². The SMILES string of the molecule is Cc1cncc(-c2nc(N)ns2)c1. The third kappa shape index (κ3) is 1.65. The van der Waals surface area contributed by atoms with Crippen molar-refractivity contribution in [1.29, 1.82) is 0 Å².